The molecule has 0 fully saturated rings. The van der Waals surface area contributed by atoms with Gasteiger partial charge in [-0.1, -0.05) is 53.0 Å². The van der Waals surface area contributed by atoms with Crippen LogP contribution in [0.25, 0.3) is 11.3 Å². The quantitative estimate of drug-likeness (QED) is 0.483. The first-order valence-electron chi connectivity index (χ1n) is 8.92. The number of halogens is 3. The molecule has 0 saturated heterocycles. The lowest BCUT2D eigenvalue weighted by molar-refractivity contribution is -0.197. The highest BCUT2D eigenvalue weighted by atomic mass is 35.5. The fourth-order valence-electron chi connectivity index (χ4n) is 2.66. The molecule has 5 nitrogen and oxygen atoms in total. The predicted octanol–water partition coefficient (Wildman–Crippen LogP) is 5.16. The van der Waals surface area contributed by atoms with E-state index >= 15 is 0 Å². The third kappa shape index (κ3) is 5.51. The van der Waals surface area contributed by atoms with E-state index in [2.05, 4.69) is 5.10 Å². The number of hydrogen-bond acceptors (Lipinski definition) is 4. The summed E-state index contributed by atoms with van der Waals surface area (Å²) in [5.74, 6) is 0. The van der Waals surface area contributed by atoms with Crippen LogP contribution in [-0.2, 0) is 17.9 Å². The summed E-state index contributed by atoms with van der Waals surface area (Å²) in [5, 5.41) is 25.3. The summed E-state index contributed by atoms with van der Waals surface area (Å²) in [6.45, 7) is 3.75. The van der Waals surface area contributed by atoms with Crippen molar-refractivity contribution in [2.24, 2.45) is 0 Å². The molecule has 2 N–H and O–H groups in total. The van der Waals surface area contributed by atoms with Gasteiger partial charge < -0.3 is 14.9 Å². The molecule has 0 aliphatic carbocycles. The Kier molecular flexibility index (Phi) is 6.89. The molecular weight excluding hydrogens is 435 g/mol. The summed E-state index contributed by atoms with van der Waals surface area (Å²) >= 11 is 18.4. The van der Waals surface area contributed by atoms with Crippen LogP contribution >= 0.6 is 34.8 Å². The number of benzene rings is 2. The molecule has 154 valence electrons. The van der Waals surface area contributed by atoms with Gasteiger partial charge in [-0.2, -0.15) is 5.10 Å². The van der Waals surface area contributed by atoms with Gasteiger partial charge in [0, 0.05) is 15.1 Å². The van der Waals surface area contributed by atoms with Crippen LogP contribution in [-0.4, -0.2) is 31.9 Å². The van der Waals surface area contributed by atoms with Crippen molar-refractivity contribution in [1.82, 2.24) is 9.78 Å². The standard InChI is InChI=1S/C21H21Cl3N2O3/c1-21(2,20(27)28)29-12-17-10-19(13-3-6-15(22)7-4-13)26(25-17)11-14-5-8-16(23)9-18(14)24/h3-10,20,27-28H,11-12H2,1-2H3. The smallest absolute Gasteiger partial charge is 0.180 e. The minimum Gasteiger partial charge on any atom is -0.366 e. The number of ether oxygens (including phenoxy) is 1. The van der Waals surface area contributed by atoms with Crippen LogP contribution in [0.2, 0.25) is 15.1 Å². The number of hydrogen-bond donors (Lipinski definition) is 2. The average Bonchev–Trinajstić information content (AvgIpc) is 3.06. The average molecular weight is 456 g/mol. The molecule has 0 aliphatic heterocycles. The molecule has 0 radical (unpaired) electrons. The lowest BCUT2D eigenvalue weighted by atomic mass is 10.1. The zero-order chi connectivity index (χ0) is 21.2. The van der Waals surface area contributed by atoms with E-state index in [1.807, 2.05) is 41.1 Å². The molecule has 0 saturated carbocycles. The summed E-state index contributed by atoms with van der Waals surface area (Å²) in [7, 11) is 0. The lowest BCUT2D eigenvalue weighted by Gasteiger charge is -2.26. The molecule has 3 rings (SSSR count). The van der Waals surface area contributed by atoms with E-state index in [0.29, 0.717) is 27.3 Å². The molecule has 0 aliphatic rings. The van der Waals surface area contributed by atoms with Crippen molar-refractivity contribution in [3.63, 3.8) is 0 Å². The molecule has 0 bridgehead atoms. The van der Waals surface area contributed by atoms with E-state index < -0.39 is 11.9 Å². The van der Waals surface area contributed by atoms with Crippen molar-refractivity contribution in [3.8, 4) is 11.3 Å². The monoisotopic (exact) mass is 454 g/mol. The summed E-state index contributed by atoms with van der Waals surface area (Å²) in [6.07, 6.45) is -1.60. The molecule has 0 amide bonds. The van der Waals surface area contributed by atoms with E-state index in [4.69, 9.17) is 39.5 Å². The summed E-state index contributed by atoms with van der Waals surface area (Å²) in [4.78, 5) is 0. The van der Waals surface area contributed by atoms with Crippen LogP contribution in [0.4, 0.5) is 0 Å². The number of rotatable bonds is 7. The minimum absolute atomic E-state index is 0.118. The van der Waals surface area contributed by atoms with Gasteiger partial charge in [0.15, 0.2) is 6.29 Å². The first-order chi connectivity index (χ1) is 13.7. The first-order valence-corrected chi connectivity index (χ1v) is 10.1. The number of aliphatic hydroxyl groups excluding tert-OH is 1. The van der Waals surface area contributed by atoms with Gasteiger partial charge in [0.05, 0.1) is 24.5 Å². The second-order valence-corrected chi connectivity index (χ2v) is 8.47. The van der Waals surface area contributed by atoms with Gasteiger partial charge in [0.1, 0.15) is 5.60 Å². The van der Waals surface area contributed by atoms with E-state index in [1.54, 1.807) is 26.0 Å². The minimum atomic E-state index is -1.60. The van der Waals surface area contributed by atoms with Crippen molar-refractivity contribution in [1.29, 1.82) is 0 Å². The molecule has 29 heavy (non-hydrogen) atoms. The Morgan fingerprint density at radius 2 is 1.66 bits per heavy atom. The van der Waals surface area contributed by atoms with Crippen molar-refractivity contribution in [2.75, 3.05) is 0 Å². The summed E-state index contributed by atoms with van der Waals surface area (Å²) < 4.78 is 7.47. The highest BCUT2D eigenvalue weighted by Gasteiger charge is 2.27. The number of nitrogens with zero attached hydrogens (tertiary/aromatic N) is 2. The molecule has 2 aromatic carbocycles. The van der Waals surface area contributed by atoms with Crippen molar-refractivity contribution in [2.45, 2.75) is 38.9 Å². The second-order valence-electron chi connectivity index (χ2n) is 7.19. The second kappa shape index (κ2) is 9.04. The molecule has 1 aromatic heterocycles. The van der Waals surface area contributed by atoms with Crippen LogP contribution in [0.3, 0.4) is 0 Å². The molecular formula is C21H21Cl3N2O3. The molecule has 1 heterocycles. The van der Waals surface area contributed by atoms with Crippen LogP contribution in [0.1, 0.15) is 25.1 Å². The van der Waals surface area contributed by atoms with Crippen LogP contribution in [0, 0.1) is 0 Å². The predicted molar refractivity (Wildman–Crippen MR) is 115 cm³/mol. The van der Waals surface area contributed by atoms with Gasteiger partial charge in [-0.15, -0.1) is 0 Å². The third-order valence-corrected chi connectivity index (χ3v) is 5.36. The van der Waals surface area contributed by atoms with Crippen LogP contribution < -0.4 is 0 Å². The maximum Gasteiger partial charge on any atom is 0.180 e. The van der Waals surface area contributed by atoms with Gasteiger partial charge in [0.2, 0.25) is 0 Å². The largest absolute Gasteiger partial charge is 0.366 e. The topological polar surface area (TPSA) is 67.5 Å². The fourth-order valence-corrected chi connectivity index (χ4v) is 3.25. The van der Waals surface area contributed by atoms with Gasteiger partial charge >= 0.3 is 0 Å². The Hall–Kier alpha value is -1.60. The molecule has 0 atom stereocenters. The van der Waals surface area contributed by atoms with E-state index in [9.17, 15) is 10.2 Å². The number of aromatic nitrogens is 2. The first kappa shape index (κ1) is 22.1. The Balaban J connectivity index is 1.94. The van der Waals surface area contributed by atoms with Crippen molar-refractivity contribution >= 4 is 34.8 Å². The summed E-state index contributed by atoms with van der Waals surface area (Å²) in [5.41, 5.74) is 2.18. The SMILES string of the molecule is CC(C)(OCc1cc(-c2ccc(Cl)cc2)n(Cc2ccc(Cl)cc2Cl)n1)C(O)O. The van der Waals surface area contributed by atoms with Crippen LogP contribution in [0.15, 0.2) is 48.5 Å². The van der Waals surface area contributed by atoms with Gasteiger partial charge in [-0.05, 0) is 55.3 Å². The summed E-state index contributed by atoms with van der Waals surface area (Å²) in [6, 6.07) is 14.7. The maximum absolute atomic E-state index is 9.44. The van der Waals surface area contributed by atoms with Gasteiger partial charge in [-0.3, -0.25) is 4.68 Å². The van der Waals surface area contributed by atoms with E-state index in [-0.39, 0.29) is 6.61 Å². The fraction of sp³-hybridized carbons (Fsp3) is 0.286. The van der Waals surface area contributed by atoms with Crippen molar-refractivity contribution in [3.05, 3.63) is 74.9 Å². The zero-order valence-corrected chi connectivity index (χ0v) is 18.2. The Morgan fingerprint density at radius 3 is 2.28 bits per heavy atom. The molecule has 0 spiro atoms. The Bertz CT molecular complexity index is 985. The Labute approximate surface area is 184 Å². The highest BCUT2D eigenvalue weighted by molar-refractivity contribution is 6.35. The van der Waals surface area contributed by atoms with Crippen molar-refractivity contribution < 1.29 is 14.9 Å². The van der Waals surface area contributed by atoms with E-state index in [0.717, 1.165) is 16.8 Å². The molecule has 8 heteroatoms. The van der Waals surface area contributed by atoms with Gasteiger partial charge in [0.25, 0.3) is 0 Å². The normalized spacial score (nSPS) is 12.0. The van der Waals surface area contributed by atoms with E-state index in [1.165, 1.54) is 0 Å². The van der Waals surface area contributed by atoms with Crippen LogP contribution in [0.5, 0.6) is 0 Å². The maximum atomic E-state index is 9.44. The molecule has 0 unspecified atom stereocenters. The molecule has 3 aromatic rings. The van der Waals surface area contributed by atoms with Gasteiger partial charge in [-0.25, -0.2) is 0 Å². The lowest BCUT2D eigenvalue weighted by Crippen LogP contribution is -2.38. The Morgan fingerprint density at radius 1 is 1.00 bits per heavy atom. The highest BCUT2D eigenvalue weighted by Crippen LogP contribution is 2.27. The number of aliphatic hydroxyl groups is 2. The third-order valence-electron chi connectivity index (χ3n) is 4.52. The zero-order valence-electron chi connectivity index (χ0n) is 15.9.